The number of para-hydroxylation sites is 1. The number of rotatable bonds is 7. The van der Waals surface area contributed by atoms with E-state index in [9.17, 15) is 19.5 Å². The first-order valence-electron chi connectivity index (χ1n) is 12.8. The van der Waals surface area contributed by atoms with Gasteiger partial charge in [-0.1, -0.05) is 47.5 Å². The van der Waals surface area contributed by atoms with E-state index in [1.165, 1.54) is 4.90 Å². The van der Waals surface area contributed by atoms with Crippen LogP contribution in [0.4, 0.5) is 10.5 Å². The number of aliphatic hydroxyl groups is 1. The molecule has 8 nitrogen and oxygen atoms in total. The van der Waals surface area contributed by atoms with Gasteiger partial charge < -0.3 is 25.4 Å². The van der Waals surface area contributed by atoms with Crippen LogP contribution in [0.5, 0.6) is 0 Å². The number of nitrogens with zero attached hydrogens (tertiary/aromatic N) is 1. The van der Waals surface area contributed by atoms with Crippen LogP contribution in [0.1, 0.15) is 75.4 Å². The van der Waals surface area contributed by atoms with E-state index in [4.69, 9.17) is 4.74 Å². The molecule has 0 spiro atoms. The summed E-state index contributed by atoms with van der Waals surface area (Å²) in [6, 6.07) is 9.13. The predicted octanol–water partition coefficient (Wildman–Crippen LogP) is 5.11. The van der Waals surface area contributed by atoms with Crippen LogP contribution in [0, 0.1) is 27.7 Å². The number of carbonyl (C=O) groups excluding carboxylic acids is 3. The van der Waals surface area contributed by atoms with Crippen molar-refractivity contribution in [2.24, 2.45) is 0 Å². The molecule has 2 aromatic rings. The van der Waals surface area contributed by atoms with Gasteiger partial charge in [-0.05, 0) is 85.9 Å². The first kappa shape index (κ1) is 30.8. The highest BCUT2D eigenvalue weighted by Crippen LogP contribution is 2.33. The molecule has 208 valence electrons. The molecule has 0 saturated carbocycles. The average molecular weight is 526 g/mol. The number of benzene rings is 2. The Bertz CT molecular complexity index is 1140. The van der Waals surface area contributed by atoms with Crippen molar-refractivity contribution in [1.29, 1.82) is 0 Å². The van der Waals surface area contributed by atoms with Crippen molar-refractivity contribution in [2.45, 2.75) is 92.5 Å². The molecular weight excluding hydrogens is 482 g/mol. The lowest BCUT2D eigenvalue weighted by molar-refractivity contribution is -0.147. The average Bonchev–Trinajstić information content (AvgIpc) is 2.75. The predicted molar refractivity (Wildman–Crippen MR) is 150 cm³/mol. The number of ether oxygens (including phenoxy) is 1. The highest BCUT2D eigenvalue weighted by Gasteiger charge is 2.42. The molecule has 0 radical (unpaired) electrons. The highest BCUT2D eigenvalue weighted by atomic mass is 16.6. The number of nitrogens with one attached hydrogen (secondary N) is 2. The van der Waals surface area contributed by atoms with Gasteiger partial charge >= 0.3 is 6.09 Å². The molecule has 0 aliphatic heterocycles. The highest BCUT2D eigenvalue weighted by molar-refractivity contribution is 6.00. The molecule has 0 heterocycles. The Labute approximate surface area is 226 Å². The van der Waals surface area contributed by atoms with Crippen molar-refractivity contribution in [3.05, 3.63) is 64.2 Å². The summed E-state index contributed by atoms with van der Waals surface area (Å²) in [4.78, 5) is 42.0. The van der Waals surface area contributed by atoms with E-state index in [1.54, 1.807) is 20.8 Å². The second kappa shape index (κ2) is 12.0. The number of hydrogen-bond acceptors (Lipinski definition) is 5. The van der Waals surface area contributed by atoms with Crippen molar-refractivity contribution in [3.63, 3.8) is 0 Å². The van der Waals surface area contributed by atoms with Crippen molar-refractivity contribution < 1.29 is 24.2 Å². The second-order valence-corrected chi connectivity index (χ2v) is 11.8. The van der Waals surface area contributed by atoms with E-state index in [0.717, 1.165) is 22.3 Å². The van der Waals surface area contributed by atoms with Gasteiger partial charge in [-0.2, -0.15) is 0 Å². The second-order valence-electron chi connectivity index (χ2n) is 11.8. The summed E-state index contributed by atoms with van der Waals surface area (Å²) in [6.07, 6.45) is -0.832. The molecule has 3 N–H and O–H groups in total. The zero-order valence-electron chi connectivity index (χ0n) is 24.4. The molecule has 0 aromatic heterocycles. The first-order chi connectivity index (χ1) is 17.4. The Hall–Kier alpha value is -3.39. The maximum Gasteiger partial charge on any atom is 0.408 e. The number of carbonyl (C=O) groups is 3. The van der Waals surface area contributed by atoms with Gasteiger partial charge in [-0.25, -0.2) is 4.79 Å². The Morgan fingerprint density at radius 1 is 0.921 bits per heavy atom. The summed E-state index contributed by atoms with van der Waals surface area (Å²) in [6.45, 7) is 17.6. The molecule has 3 amide bonds. The lowest BCUT2D eigenvalue weighted by atomic mass is 9.93. The minimum absolute atomic E-state index is 0.398. The largest absolute Gasteiger partial charge is 0.444 e. The lowest BCUT2D eigenvalue weighted by Gasteiger charge is -2.43. The molecule has 2 atom stereocenters. The summed E-state index contributed by atoms with van der Waals surface area (Å²) in [5.74, 6) is -1.00. The first-order valence-corrected chi connectivity index (χ1v) is 12.8. The molecule has 0 saturated heterocycles. The number of aliphatic hydroxyl groups excluding tert-OH is 1. The fourth-order valence-electron chi connectivity index (χ4n) is 4.44. The third-order valence-electron chi connectivity index (χ3n) is 5.93. The zero-order valence-corrected chi connectivity index (χ0v) is 24.4. The quantitative estimate of drug-likeness (QED) is 0.465. The monoisotopic (exact) mass is 525 g/mol. The normalized spacial score (nSPS) is 13.3. The van der Waals surface area contributed by atoms with E-state index in [2.05, 4.69) is 10.6 Å². The topological polar surface area (TPSA) is 108 Å². The molecule has 0 aliphatic carbocycles. The summed E-state index contributed by atoms with van der Waals surface area (Å²) in [5.41, 5.74) is 3.33. The summed E-state index contributed by atoms with van der Waals surface area (Å²) in [5, 5.41) is 15.6. The van der Waals surface area contributed by atoms with Gasteiger partial charge in [0.15, 0.2) is 0 Å². The zero-order chi connectivity index (χ0) is 29.0. The van der Waals surface area contributed by atoms with Gasteiger partial charge in [0.2, 0.25) is 5.91 Å². The van der Waals surface area contributed by atoms with E-state index in [0.29, 0.717) is 11.3 Å². The van der Waals surface area contributed by atoms with E-state index < -0.39 is 47.7 Å². The van der Waals surface area contributed by atoms with Crippen LogP contribution in [-0.2, 0) is 14.3 Å². The minimum Gasteiger partial charge on any atom is -0.444 e. The van der Waals surface area contributed by atoms with E-state index >= 15 is 0 Å². The van der Waals surface area contributed by atoms with E-state index in [-0.39, 0.29) is 0 Å². The van der Waals surface area contributed by atoms with Crippen LogP contribution in [0.15, 0.2) is 36.4 Å². The van der Waals surface area contributed by atoms with E-state index in [1.807, 2.05) is 84.9 Å². The Morgan fingerprint density at radius 2 is 1.45 bits per heavy atom. The number of amides is 3. The molecule has 2 rings (SSSR count). The third kappa shape index (κ3) is 8.05. The molecule has 2 aromatic carbocycles. The summed E-state index contributed by atoms with van der Waals surface area (Å²) >= 11 is 0. The Kier molecular flexibility index (Phi) is 9.72. The fourth-order valence-corrected chi connectivity index (χ4v) is 4.44. The molecule has 8 heteroatoms. The smallest absolute Gasteiger partial charge is 0.408 e. The van der Waals surface area contributed by atoms with Gasteiger partial charge in [-0.15, -0.1) is 0 Å². The minimum atomic E-state index is -1.31. The lowest BCUT2D eigenvalue weighted by Crippen LogP contribution is -2.59. The fraction of sp³-hybridized carbons (Fsp3) is 0.500. The number of aryl methyl sites for hydroxylation is 4. The van der Waals surface area contributed by atoms with Gasteiger partial charge in [0.25, 0.3) is 5.91 Å². The summed E-state index contributed by atoms with van der Waals surface area (Å²) < 4.78 is 5.30. The van der Waals surface area contributed by atoms with Gasteiger partial charge in [0.05, 0.1) is 6.61 Å². The SMILES string of the molecule is Cc1cc(C)cc(C(C(=O)Nc2c(C)cccc2C)N(C(=O)C(CO)NC(=O)OC(C)(C)C)C(C)(C)C)c1. The van der Waals surface area contributed by atoms with Crippen LogP contribution in [0.2, 0.25) is 0 Å². The summed E-state index contributed by atoms with van der Waals surface area (Å²) in [7, 11) is 0. The Morgan fingerprint density at radius 3 is 1.89 bits per heavy atom. The molecule has 0 bridgehead atoms. The van der Waals surface area contributed by atoms with Crippen LogP contribution < -0.4 is 10.6 Å². The molecule has 0 aliphatic rings. The van der Waals surface area contributed by atoms with Crippen molar-refractivity contribution in [1.82, 2.24) is 10.2 Å². The number of hydrogen-bond donors (Lipinski definition) is 3. The van der Waals surface area contributed by atoms with Crippen LogP contribution in [0.3, 0.4) is 0 Å². The van der Waals surface area contributed by atoms with Crippen LogP contribution in [-0.4, -0.2) is 51.7 Å². The Balaban J connectivity index is 2.63. The molecular formula is C30H43N3O5. The van der Waals surface area contributed by atoms with Gasteiger partial charge in [0, 0.05) is 11.2 Å². The van der Waals surface area contributed by atoms with Crippen molar-refractivity contribution in [3.8, 4) is 0 Å². The van der Waals surface area contributed by atoms with Gasteiger partial charge in [-0.3, -0.25) is 9.59 Å². The molecule has 2 unspecified atom stereocenters. The maximum absolute atomic E-state index is 14.1. The van der Waals surface area contributed by atoms with Gasteiger partial charge in [0.1, 0.15) is 17.7 Å². The van der Waals surface area contributed by atoms with Crippen LogP contribution in [0.25, 0.3) is 0 Å². The van der Waals surface area contributed by atoms with Crippen molar-refractivity contribution in [2.75, 3.05) is 11.9 Å². The standard InChI is InChI=1S/C30H43N3O5/c1-18-14-19(2)16-22(15-18)25(26(35)32-24-20(3)12-11-13-21(24)4)33(29(5,6)7)27(36)23(17-34)31-28(37)38-30(8,9)10/h11-16,23,25,34H,17H2,1-10H3,(H,31,37)(H,32,35). The van der Waals surface area contributed by atoms with Crippen LogP contribution >= 0.6 is 0 Å². The maximum atomic E-state index is 14.1. The number of anilines is 1. The third-order valence-corrected chi connectivity index (χ3v) is 5.93. The molecule has 38 heavy (non-hydrogen) atoms. The van der Waals surface area contributed by atoms with Crippen molar-refractivity contribution >= 4 is 23.6 Å². The number of alkyl carbamates (subject to hydrolysis) is 1. The molecule has 0 fully saturated rings.